The van der Waals surface area contributed by atoms with E-state index in [0.717, 1.165) is 19.5 Å². The molecule has 0 spiro atoms. The van der Waals surface area contributed by atoms with E-state index in [2.05, 4.69) is 25.5 Å². The molecule has 0 saturated carbocycles. The maximum Gasteiger partial charge on any atom is 0.274 e. The number of carbonyl (C=O) groups excluding carboxylic acids is 1. The number of carbonyl (C=O) groups is 1. The molecule has 0 saturated heterocycles. The van der Waals surface area contributed by atoms with Crippen LogP contribution in [-0.4, -0.2) is 48.0 Å². The third-order valence-corrected chi connectivity index (χ3v) is 3.28. The molecule has 24 heavy (non-hydrogen) atoms. The number of anilines is 2. The summed E-state index contributed by atoms with van der Waals surface area (Å²) in [5, 5.41) is 5.70. The Bertz CT molecular complexity index is 705. The first-order valence-corrected chi connectivity index (χ1v) is 7.76. The zero-order valence-corrected chi connectivity index (χ0v) is 14.1. The van der Waals surface area contributed by atoms with Gasteiger partial charge in [0.15, 0.2) is 0 Å². The maximum absolute atomic E-state index is 13.6. The molecule has 0 aliphatic carbocycles. The molecule has 2 rings (SSSR count). The van der Waals surface area contributed by atoms with E-state index in [1.54, 1.807) is 25.1 Å². The molecule has 0 bridgehead atoms. The fourth-order valence-corrected chi connectivity index (χ4v) is 2.14. The minimum absolute atomic E-state index is 0.124. The summed E-state index contributed by atoms with van der Waals surface area (Å²) in [4.78, 5) is 22.8. The van der Waals surface area contributed by atoms with Crippen molar-refractivity contribution >= 4 is 17.4 Å². The smallest absolute Gasteiger partial charge is 0.274 e. The molecule has 0 aliphatic rings. The van der Waals surface area contributed by atoms with Crippen molar-refractivity contribution < 1.29 is 9.18 Å². The van der Waals surface area contributed by atoms with Crippen molar-refractivity contribution in [3.63, 3.8) is 0 Å². The number of hydrogen-bond donors (Lipinski definition) is 2. The van der Waals surface area contributed by atoms with Crippen LogP contribution in [0.4, 0.5) is 15.9 Å². The van der Waals surface area contributed by atoms with Crippen LogP contribution in [0.5, 0.6) is 0 Å². The van der Waals surface area contributed by atoms with Gasteiger partial charge < -0.3 is 15.5 Å². The van der Waals surface area contributed by atoms with Gasteiger partial charge in [0.25, 0.3) is 5.91 Å². The van der Waals surface area contributed by atoms with Gasteiger partial charge in [-0.25, -0.2) is 14.4 Å². The third-order valence-electron chi connectivity index (χ3n) is 3.28. The molecule has 2 aromatic rings. The molecule has 0 aliphatic heterocycles. The van der Waals surface area contributed by atoms with Gasteiger partial charge in [-0.3, -0.25) is 4.79 Å². The van der Waals surface area contributed by atoms with E-state index < -0.39 is 11.7 Å². The third kappa shape index (κ3) is 5.27. The highest BCUT2D eigenvalue weighted by atomic mass is 19.1. The zero-order chi connectivity index (χ0) is 17.5. The molecule has 128 valence electrons. The fourth-order valence-electron chi connectivity index (χ4n) is 2.14. The predicted octanol–water partition coefficient (Wildman–Crippen LogP) is 2.54. The van der Waals surface area contributed by atoms with E-state index in [1.807, 2.05) is 14.1 Å². The highest BCUT2D eigenvalue weighted by Gasteiger charge is 2.12. The quantitative estimate of drug-likeness (QED) is 0.763. The second kappa shape index (κ2) is 8.35. The molecule has 0 unspecified atom stereocenters. The Morgan fingerprint density at radius 1 is 1.25 bits per heavy atom. The first-order chi connectivity index (χ1) is 11.5. The van der Waals surface area contributed by atoms with Crippen molar-refractivity contribution in [1.82, 2.24) is 14.9 Å². The molecular weight excluding hydrogens is 309 g/mol. The fraction of sp³-hybridized carbons (Fsp3) is 0.353. The number of nitrogens with zero attached hydrogens (tertiary/aromatic N) is 3. The van der Waals surface area contributed by atoms with Crippen LogP contribution >= 0.6 is 0 Å². The average molecular weight is 331 g/mol. The Hall–Kier alpha value is -2.54. The first kappa shape index (κ1) is 17.8. The normalized spacial score (nSPS) is 10.7. The van der Waals surface area contributed by atoms with E-state index in [9.17, 15) is 9.18 Å². The van der Waals surface area contributed by atoms with E-state index in [-0.39, 0.29) is 11.4 Å². The van der Waals surface area contributed by atoms with Gasteiger partial charge in [0.1, 0.15) is 23.2 Å². The lowest BCUT2D eigenvalue weighted by molar-refractivity contribution is 0.102. The summed E-state index contributed by atoms with van der Waals surface area (Å²) in [7, 11) is 4.03. The highest BCUT2D eigenvalue weighted by Crippen LogP contribution is 2.14. The van der Waals surface area contributed by atoms with Gasteiger partial charge in [0.05, 0.1) is 5.69 Å². The molecule has 7 heteroatoms. The summed E-state index contributed by atoms with van der Waals surface area (Å²) in [6.45, 7) is 3.41. The zero-order valence-electron chi connectivity index (χ0n) is 14.1. The van der Waals surface area contributed by atoms with Crippen LogP contribution in [-0.2, 0) is 0 Å². The van der Waals surface area contributed by atoms with Crippen molar-refractivity contribution in [3.8, 4) is 0 Å². The topological polar surface area (TPSA) is 70.2 Å². The van der Waals surface area contributed by atoms with E-state index in [1.165, 1.54) is 12.1 Å². The lowest BCUT2D eigenvalue weighted by atomic mass is 10.3. The molecule has 1 aromatic heterocycles. The second-order valence-corrected chi connectivity index (χ2v) is 5.70. The van der Waals surface area contributed by atoms with Gasteiger partial charge in [-0.05, 0) is 46.1 Å². The minimum atomic E-state index is -0.487. The number of benzene rings is 1. The number of nitrogens with one attached hydrogen (secondary N) is 2. The Labute approximate surface area is 141 Å². The van der Waals surface area contributed by atoms with Crippen LogP contribution in [0.15, 0.2) is 30.3 Å². The van der Waals surface area contributed by atoms with Crippen molar-refractivity contribution in [2.75, 3.05) is 37.8 Å². The van der Waals surface area contributed by atoms with Gasteiger partial charge >= 0.3 is 0 Å². The van der Waals surface area contributed by atoms with Crippen LogP contribution < -0.4 is 10.6 Å². The number of amides is 1. The SMILES string of the molecule is Cc1nc(NCCCN(C)C)cc(C(=O)Nc2ccccc2F)n1. The van der Waals surface area contributed by atoms with Crippen molar-refractivity contribution in [2.24, 2.45) is 0 Å². The second-order valence-electron chi connectivity index (χ2n) is 5.70. The molecule has 1 heterocycles. The standard InChI is InChI=1S/C17H22FN5O/c1-12-20-15(11-16(21-12)19-9-6-10-23(2)3)17(24)22-14-8-5-4-7-13(14)18/h4-5,7-8,11H,6,9-10H2,1-3H3,(H,22,24)(H,19,20,21). The van der Waals surface area contributed by atoms with E-state index in [0.29, 0.717) is 11.6 Å². The summed E-state index contributed by atoms with van der Waals surface area (Å²) < 4.78 is 13.6. The number of para-hydroxylation sites is 1. The maximum atomic E-state index is 13.6. The Kier molecular flexibility index (Phi) is 6.20. The van der Waals surface area contributed by atoms with Crippen LogP contribution in [0.1, 0.15) is 22.7 Å². The predicted molar refractivity (Wildman–Crippen MR) is 92.8 cm³/mol. The van der Waals surface area contributed by atoms with Gasteiger partial charge in [0, 0.05) is 12.6 Å². The molecular formula is C17H22FN5O. The van der Waals surface area contributed by atoms with Crippen LogP contribution in [0, 0.1) is 12.7 Å². The van der Waals surface area contributed by atoms with E-state index >= 15 is 0 Å². The lowest BCUT2D eigenvalue weighted by Gasteiger charge is -2.11. The Morgan fingerprint density at radius 3 is 2.71 bits per heavy atom. The van der Waals surface area contributed by atoms with E-state index in [4.69, 9.17) is 0 Å². The molecule has 2 N–H and O–H groups in total. The number of halogens is 1. The molecule has 0 atom stereocenters. The summed E-state index contributed by atoms with van der Waals surface area (Å²) >= 11 is 0. The molecule has 1 aromatic carbocycles. The Morgan fingerprint density at radius 2 is 2.00 bits per heavy atom. The largest absolute Gasteiger partial charge is 0.370 e. The highest BCUT2D eigenvalue weighted by molar-refractivity contribution is 6.03. The number of aromatic nitrogens is 2. The number of rotatable bonds is 7. The molecule has 6 nitrogen and oxygen atoms in total. The average Bonchev–Trinajstić information content (AvgIpc) is 2.53. The summed E-state index contributed by atoms with van der Waals surface area (Å²) in [5.74, 6) is 0.104. The van der Waals surface area contributed by atoms with Crippen molar-refractivity contribution in [1.29, 1.82) is 0 Å². The molecule has 1 amide bonds. The van der Waals surface area contributed by atoms with Crippen molar-refractivity contribution in [3.05, 3.63) is 47.7 Å². The van der Waals surface area contributed by atoms with Gasteiger partial charge in [0.2, 0.25) is 0 Å². The summed E-state index contributed by atoms with van der Waals surface area (Å²) in [6, 6.07) is 7.58. The molecule has 0 radical (unpaired) electrons. The summed E-state index contributed by atoms with van der Waals surface area (Å²) in [5.41, 5.74) is 0.320. The van der Waals surface area contributed by atoms with Gasteiger partial charge in [-0.15, -0.1) is 0 Å². The number of aryl methyl sites for hydroxylation is 1. The van der Waals surface area contributed by atoms with Gasteiger partial charge in [-0.1, -0.05) is 12.1 Å². The minimum Gasteiger partial charge on any atom is -0.370 e. The van der Waals surface area contributed by atoms with Gasteiger partial charge in [-0.2, -0.15) is 0 Å². The first-order valence-electron chi connectivity index (χ1n) is 7.76. The van der Waals surface area contributed by atoms with Crippen LogP contribution in [0.2, 0.25) is 0 Å². The van der Waals surface area contributed by atoms with Crippen LogP contribution in [0.3, 0.4) is 0 Å². The summed E-state index contributed by atoms with van der Waals surface area (Å²) in [6.07, 6.45) is 0.951. The Balaban J connectivity index is 2.04. The van der Waals surface area contributed by atoms with Crippen molar-refractivity contribution in [2.45, 2.75) is 13.3 Å². The lowest BCUT2D eigenvalue weighted by Crippen LogP contribution is -2.18. The van der Waals surface area contributed by atoms with Crippen LogP contribution in [0.25, 0.3) is 0 Å². The number of hydrogen-bond acceptors (Lipinski definition) is 5. The molecule has 0 fully saturated rings. The monoisotopic (exact) mass is 331 g/mol.